The highest BCUT2D eigenvalue weighted by Crippen LogP contribution is 2.29. The minimum atomic E-state index is -0.561. The van der Waals surface area contributed by atoms with Gasteiger partial charge < -0.3 is 20.1 Å². The van der Waals surface area contributed by atoms with Gasteiger partial charge in [0.2, 0.25) is 0 Å². The third-order valence-corrected chi connectivity index (χ3v) is 3.44. The highest BCUT2D eigenvalue weighted by atomic mass is 16.5. The van der Waals surface area contributed by atoms with Crippen molar-refractivity contribution in [2.24, 2.45) is 5.73 Å². The third kappa shape index (κ3) is 4.36. The number of likely N-dealkylation sites (N-methyl/N-ethyl adjacent to an activating group) is 1. The first-order valence-corrected chi connectivity index (χ1v) is 7.33. The van der Waals surface area contributed by atoms with Gasteiger partial charge in [-0.15, -0.1) is 0 Å². The number of amides is 1. The van der Waals surface area contributed by atoms with Crippen molar-refractivity contribution in [3.05, 3.63) is 23.8 Å². The smallest absolute Gasteiger partial charge is 0.263 e. The summed E-state index contributed by atoms with van der Waals surface area (Å²) in [5, 5.41) is 0. The fourth-order valence-corrected chi connectivity index (χ4v) is 2.15. The minimum absolute atomic E-state index is 0.0292. The van der Waals surface area contributed by atoms with Gasteiger partial charge >= 0.3 is 0 Å². The Labute approximate surface area is 127 Å². The lowest BCUT2D eigenvalue weighted by atomic mass is 10.1. The lowest BCUT2D eigenvalue weighted by Crippen LogP contribution is -2.40. The van der Waals surface area contributed by atoms with Crippen LogP contribution in [0.4, 0.5) is 0 Å². The molecule has 0 aliphatic carbocycles. The molecule has 118 valence electrons. The van der Waals surface area contributed by atoms with Gasteiger partial charge in [-0.3, -0.25) is 4.79 Å². The predicted molar refractivity (Wildman–Crippen MR) is 83.6 cm³/mol. The molecule has 1 aromatic carbocycles. The third-order valence-electron chi connectivity index (χ3n) is 3.44. The highest BCUT2D eigenvalue weighted by Gasteiger charge is 2.21. The van der Waals surface area contributed by atoms with Gasteiger partial charge in [0.1, 0.15) is 11.5 Å². The Hall–Kier alpha value is -1.75. The number of hydrogen-bond donors (Lipinski definition) is 1. The fraction of sp³-hybridized carbons (Fsp3) is 0.562. The van der Waals surface area contributed by atoms with Gasteiger partial charge in [0.05, 0.1) is 7.11 Å². The molecule has 1 aromatic rings. The Balaban J connectivity index is 2.97. The second-order valence-electron chi connectivity index (χ2n) is 4.96. The van der Waals surface area contributed by atoms with E-state index in [-0.39, 0.29) is 11.9 Å². The van der Waals surface area contributed by atoms with Gasteiger partial charge in [-0.2, -0.15) is 0 Å². The van der Waals surface area contributed by atoms with E-state index in [0.717, 1.165) is 5.56 Å². The summed E-state index contributed by atoms with van der Waals surface area (Å²) >= 11 is 0. The van der Waals surface area contributed by atoms with Crippen LogP contribution in [0.3, 0.4) is 0 Å². The molecule has 0 heterocycles. The van der Waals surface area contributed by atoms with Crippen molar-refractivity contribution in [1.82, 2.24) is 4.90 Å². The van der Waals surface area contributed by atoms with Crippen molar-refractivity contribution in [3.8, 4) is 11.5 Å². The summed E-state index contributed by atoms with van der Waals surface area (Å²) in [4.78, 5) is 14.0. The molecule has 2 unspecified atom stereocenters. The number of nitrogens with two attached hydrogens (primary N) is 1. The summed E-state index contributed by atoms with van der Waals surface area (Å²) in [5.41, 5.74) is 6.81. The second kappa shape index (κ2) is 7.88. The molecule has 5 nitrogen and oxygen atoms in total. The SMILES string of the molecule is CCN(CC)C(=O)C(C)Oc1cc(OC)ccc1C(C)N. The number of carbonyl (C=O) groups is 1. The topological polar surface area (TPSA) is 64.8 Å². The van der Waals surface area contributed by atoms with E-state index >= 15 is 0 Å². The molecule has 2 atom stereocenters. The minimum Gasteiger partial charge on any atom is -0.497 e. The van der Waals surface area contributed by atoms with Crippen LogP contribution in [0.1, 0.15) is 39.3 Å². The molecule has 0 spiro atoms. The summed E-state index contributed by atoms with van der Waals surface area (Å²) in [6, 6.07) is 5.29. The molecule has 0 saturated heterocycles. The molecular weight excluding hydrogens is 268 g/mol. The summed E-state index contributed by atoms with van der Waals surface area (Å²) in [5.74, 6) is 1.24. The Kier molecular flexibility index (Phi) is 6.49. The quantitative estimate of drug-likeness (QED) is 0.838. The standard InChI is InChI=1S/C16H26N2O3/c1-6-18(7-2)16(19)12(4)21-15-10-13(20-5)8-9-14(15)11(3)17/h8-12H,6-7,17H2,1-5H3. The van der Waals surface area contributed by atoms with Gasteiger partial charge in [-0.25, -0.2) is 0 Å². The van der Waals surface area contributed by atoms with E-state index in [4.69, 9.17) is 15.2 Å². The van der Waals surface area contributed by atoms with Crippen LogP contribution in [-0.2, 0) is 4.79 Å². The van der Waals surface area contributed by atoms with Crippen LogP contribution in [0.5, 0.6) is 11.5 Å². The number of benzene rings is 1. The monoisotopic (exact) mass is 294 g/mol. The maximum Gasteiger partial charge on any atom is 0.263 e. The van der Waals surface area contributed by atoms with Crippen molar-refractivity contribution < 1.29 is 14.3 Å². The van der Waals surface area contributed by atoms with Gasteiger partial charge in [-0.1, -0.05) is 6.07 Å². The first-order chi connectivity index (χ1) is 9.94. The van der Waals surface area contributed by atoms with Crippen LogP contribution >= 0.6 is 0 Å². The van der Waals surface area contributed by atoms with Crippen molar-refractivity contribution >= 4 is 5.91 Å². The molecule has 21 heavy (non-hydrogen) atoms. The largest absolute Gasteiger partial charge is 0.497 e. The molecule has 0 bridgehead atoms. The summed E-state index contributed by atoms with van der Waals surface area (Å²) < 4.78 is 11.0. The Morgan fingerprint density at radius 3 is 2.38 bits per heavy atom. The van der Waals surface area contributed by atoms with E-state index in [2.05, 4.69) is 0 Å². The van der Waals surface area contributed by atoms with E-state index in [1.54, 1.807) is 25.0 Å². The van der Waals surface area contributed by atoms with Crippen LogP contribution in [0.2, 0.25) is 0 Å². The number of ether oxygens (including phenoxy) is 2. The Bertz CT molecular complexity index is 471. The molecule has 0 aromatic heterocycles. The average Bonchev–Trinajstić information content (AvgIpc) is 2.47. The lowest BCUT2D eigenvalue weighted by Gasteiger charge is -2.25. The second-order valence-corrected chi connectivity index (χ2v) is 4.96. The zero-order valence-electron chi connectivity index (χ0n) is 13.6. The number of carbonyl (C=O) groups excluding carboxylic acids is 1. The maximum atomic E-state index is 12.3. The summed E-state index contributed by atoms with van der Waals surface area (Å²) in [6.07, 6.45) is -0.561. The molecule has 0 fully saturated rings. The van der Waals surface area contributed by atoms with Crippen molar-refractivity contribution in [2.45, 2.75) is 39.8 Å². The first kappa shape index (κ1) is 17.3. The highest BCUT2D eigenvalue weighted by molar-refractivity contribution is 5.80. The molecule has 0 saturated carbocycles. The fourth-order valence-electron chi connectivity index (χ4n) is 2.15. The predicted octanol–water partition coefficient (Wildman–Crippen LogP) is 2.35. The zero-order chi connectivity index (χ0) is 16.0. The maximum absolute atomic E-state index is 12.3. The molecule has 0 aliphatic rings. The molecule has 5 heteroatoms. The van der Waals surface area contributed by atoms with Crippen LogP contribution in [0, 0.1) is 0 Å². The number of hydrogen-bond acceptors (Lipinski definition) is 4. The van der Waals surface area contributed by atoms with Crippen LogP contribution in [-0.4, -0.2) is 37.1 Å². The average molecular weight is 294 g/mol. The van der Waals surface area contributed by atoms with E-state index < -0.39 is 6.10 Å². The van der Waals surface area contributed by atoms with E-state index in [1.807, 2.05) is 32.9 Å². The van der Waals surface area contributed by atoms with Crippen LogP contribution < -0.4 is 15.2 Å². The molecule has 2 N–H and O–H groups in total. The summed E-state index contributed by atoms with van der Waals surface area (Å²) in [7, 11) is 1.59. The first-order valence-electron chi connectivity index (χ1n) is 7.33. The number of nitrogens with zero attached hydrogens (tertiary/aromatic N) is 1. The molecule has 0 radical (unpaired) electrons. The van der Waals surface area contributed by atoms with Crippen molar-refractivity contribution in [1.29, 1.82) is 0 Å². The van der Waals surface area contributed by atoms with Gasteiger partial charge in [-0.05, 0) is 33.8 Å². The lowest BCUT2D eigenvalue weighted by molar-refractivity contribution is -0.137. The van der Waals surface area contributed by atoms with E-state index in [0.29, 0.717) is 24.6 Å². The van der Waals surface area contributed by atoms with Crippen LogP contribution in [0.25, 0.3) is 0 Å². The zero-order valence-corrected chi connectivity index (χ0v) is 13.6. The van der Waals surface area contributed by atoms with E-state index in [9.17, 15) is 4.79 Å². The Morgan fingerprint density at radius 1 is 1.29 bits per heavy atom. The molecule has 0 aliphatic heterocycles. The van der Waals surface area contributed by atoms with Gasteiger partial charge in [0, 0.05) is 30.8 Å². The van der Waals surface area contributed by atoms with Crippen molar-refractivity contribution in [2.75, 3.05) is 20.2 Å². The number of methoxy groups -OCH3 is 1. The normalized spacial score (nSPS) is 13.4. The summed E-state index contributed by atoms with van der Waals surface area (Å²) in [6.45, 7) is 8.87. The Morgan fingerprint density at radius 2 is 1.90 bits per heavy atom. The number of rotatable bonds is 7. The molecule has 1 amide bonds. The van der Waals surface area contributed by atoms with Gasteiger partial charge in [0.15, 0.2) is 6.10 Å². The van der Waals surface area contributed by atoms with E-state index in [1.165, 1.54) is 0 Å². The van der Waals surface area contributed by atoms with Crippen molar-refractivity contribution in [3.63, 3.8) is 0 Å². The molecular formula is C16H26N2O3. The van der Waals surface area contributed by atoms with Crippen LogP contribution in [0.15, 0.2) is 18.2 Å². The van der Waals surface area contributed by atoms with Gasteiger partial charge in [0.25, 0.3) is 5.91 Å². The molecule has 1 rings (SSSR count).